The molecule has 3 nitrogen and oxygen atoms in total. The first-order chi connectivity index (χ1) is 9.74. The van der Waals surface area contributed by atoms with E-state index in [1.807, 2.05) is 24.3 Å². The number of rotatable bonds is 7. The molecule has 1 fully saturated rings. The van der Waals surface area contributed by atoms with Gasteiger partial charge in [0.15, 0.2) is 0 Å². The number of ether oxygens (including phenoxy) is 2. The van der Waals surface area contributed by atoms with Crippen molar-refractivity contribution in [3.05, 3.63) is 29.8 Å². The van der Waals surface area contributed by atoms with Crippen molar-refractivity contribution in [2.75, 3.05) is 7.11 Å². The Kier molecular flexibility index (Phi) is 5.45. The van der Waals surface area contributed by atoms with Gasteiger partial charge in [-0.1, -0.05) is 38.3 Å². The molecule has 0 bridgehead atoms. The molecule has 2 atom stereocenters. The Hall–Kier alpha value is -1.51. The normalized spacial score (nSPS) is 21.8. The number of unbranched alkanes of at least 4 members (excludes halogenated alkanes) is 3. The summed E-state index contributed by atoms with van der Waals surface area (Å²) in [5, 5.41) is 0. The quantitative estimate of drug-likeness (QED) is 0.556. The second kappa shape index (κ2) is 7.32. The molecule has 0 N–H and O–H groups in total. The predicted molar refractivity (Wildman–Crippen MR) is 79.0 cm³/mol. The molecule has 20 heavy (non-hydrogen) atoms. The molecule has 0 spiro atoms. The lowest BCUT2D eigenvalue weighted by molar-refractivity contribution is -0.142. The van der Waals surface area contributed by atoms with Crippen LogP contribution in [0.3, 0.4) is 0 Å². The highest BCUT2D eigenvalue weighted by Crippen LogP contribution is 2.33. The van der Waals surface area contributed by atoms with Gasteiger partial charge in [0, 0.05) is 6.42 Å². The second-order valence-electron chi connectivity index (χ2n) is 5.47. The average Bonchev–Trinajstić information content (AvgIpc) is 2.85. The Morgan fingerprint density at radius 3 is 2.60 bits per heavy atom. The maximum atomic E-state index is 12.0. The fourth-order valence-corrected chi connectivity index (χ4v) is 2.74. The van der Waals surface area contributed by atoms with Crippen LogP contribution < -0.4 is 4.74 Å². The molecule has 1 saturated heterocycles. The zero-order valence-electron chi connectivity index (χ0n) is 12.4. The van der Waals surface area contributed by atoms with E-state index in [0.717, 1.165) is 30.6 Å². The fraction of sp³-hybridized carbons (Fsp3) is 0.588. The molecular formula is C17H24O3. The molecule has 0 amide bonds. The Labute approximate surface area is 121 Å². The third-order valence-corrected chi connectivity index (χ3v) is 3.96. The van der Waals surface area contributed by atoms with Gasteiger partial charge in [0.05, 0.1) is 13.0 Å². The Balaban J connectivity index is 1.88. The first-order valence-electron chi connectivity index (χ1n) is 7.59. The Morgan fingerprint density at radius 1 is 1.20 bits per heavy atom. The fourth-order valence-electron chi connectivity index (χ4n) is 2.74. The summed E-state index contributed by atoms with van der Waals surface area (Å²) < 4.78 is 10.6. The van der Waals surface area contributed by atoms with Crippen LogP contribution in [0.1, 0.15) is 56.9 Å². The second-order valence-corrected chi connectivity index (χ2v) is 5.47. The van der Waals surface area contributed by atoms with Crippen LogP contribution in [0.2, 0.25) is 0 Å². The number of carbonyl (C=O) groups excluding carboxylic acids is 1. The van der Waals surface area contributed by atoms with E-state index in [1.54, 1.807) is 7.11 Å². The molecule has 1 aliphatic rings. The van der Waals surface area contributed by atoms with Gasteiger partial charge in [-0.05, 0) is 30.5 Å². The molecule has 2 unspecified atom stereocenters. The summed E-state index contributed by atoms with van der Waals surface area (Å²) in [6, 6.07) is 7.73. The molecule has 0 saturated carbocycles. The van der Waals surface area contributed by atoms with Crippen molar-refractivity contribution in [3.8, 4) is 5.75 Å². The lowest BCUT2D eigenvalue weighted by Gasteiger charge is -2.08. The van der Waals surface area contributed by atoms with Crippen LogP contribution in [-0.4, -0.2) is 19.2 Å². The maximum absolute atomic E-state index is 12.0. The smallest absolute Gasteiger partial charge is 0.313 e. The first kappa shape index (κ1) is 14.9. The Morgan fingerprint density at radius 2 is 1.95 bits per heavy atom. The Bertz CT molecular complexity index is 424. The summed E-state index contributed by atoms with van der Waals surface area (Å²) in [4.78, 5) is 12.0. The van der Waals surface area contributed by atoms with Gasteiger partial charge in [-0.3, -0.25) is 4.79 Å². The molecule has 1 aromatic carbocycles. The summed E-state index contributed by atoms with van der Waals surface area (Å²) in [5.74, 6) is 0.643. The third kappa shape index (κ3) is 3.75. The third-order valence-electron chi connectivity index (χ3n) is 3.96. The van der Waals surface area contributed by atoms with Crippen LogP contribution in [0.5, 0.6) is 5.75 Å². The van der Waals surface area contributed by atoms with E-state index < -0.39 is 0 Å². The predicted octanol–water partition coefficient (Wildman–Crippen LogP) is 4.06. The number of methoxy groups -OCH3 is 1. The summed E-state index contributed by atoms with van der Waals surface area (Å²) in [6.45, 7) is 2.20. The average molecular weight is 276 g/mol. The molecule has 2 rings (SSSR count). The topological polar surface area (TPSA) is 35.5 Å². The van der Waals surface area contributed by atoms with Crippen molar-refractivity contribution in [2.45, 2.75) is 57.5 Å². The minimum absolute atomic E-state index is 0.0735. The molecule has 1 heterocycles. The summed E-state index contributed by atoms with van der Waals surface area (Å²) in [5.41, 5.74) is 1.03. The zero-order valence-corrected chi connectivity index (χ0v) is 12.4. The summed E-state index contributed by atoms with van der Waals surface area (Å²) in [7, 11) is 1.64. The van der Waals surface area contributed by atoms with Gasteiger partial charge in [0.1, 0.15) is 11.9 Å². The van der Waals surface area contributed by atoms with Gasteiger partial charge in [-0.15, -0.1) is 0 Å². The van der Waals surface area contributed by atoms with Crippen LogP contribution in [-0.2, 0) is 9.53 Å². The molecule has 0 radical (unpaired) electrons. The van der Waals surface area contributed by atoms with Crippen molar-refractivity contribution in [3.63, 3.8) is 0 Å². The molecule has 1 aromatic rings. The van der Waals surface area contributed by atoms with Crippen LogP contribution in [0.15, 0.2) is 24.3 Å². The molecule has 1 aliphatic heterocycles. The van der Waals surface area contributed by atoms with Crippen LogP contribution in [0.4, 0.5) is 0 Å². The van der Waals surface area contributed by atoms with E-state index in [9.17, 15) is 4.79 Å². The van der Waals surface area contributed by atoms with Crippen molar-refractivity contribution >= 4 is 5.97 Å². The molecule has 0 aliphatic carbocycles. The number of hydrogen-bond acceptors (Lipinski definition) is 3. The first-order valence-corrected chi connectivity index (χ1v) is 7.59. The van der Waals surface area contributed by atoms with Crippen molar-refractivity contribution in [1.82, 2.24) is 0 Å². The highest BCUT2D eigenvalue weighted by Gasteiger charge is 2.34. The highest BCUT2D eigenvalue weighted by atomic mass is 16.5. The van der Waals surface area contributed by atoms with E-state index in [0.29, 0.717) is 0 Å². The number of cyclic esters (lactones) is 1. The van der Waals surface area contributed by atoms with Gasteiger partial charge in [-0.2, -0.15) is 0 Å². The van der Waals surface area contributed by atoms with E-state index in [2.05, 4.69) is 6.92 Å². The monoisotopic (exact) mass is 276 g/mol. The van der Waals surface area contributed by atoms with Gasteiger partial charge in [0.2, 0.25) is 0 Å². The van der Waals surface area contributed by atoms with Crippen molar-refractivity contribution in [1.29, 1.82) is 0 Å². The molecule has 0 aromatic heterocycles. The lowest BCUT2D eigenvalue weighted by Crippen LogP contribution is -2.06. The van der Waals surface area contributed by atoms with Gasteiger partial charge in [0.25, 0.3) is 0 Å². The maximum Gasteiger partial charge on any atom is 0.313 e. The SMILES string of the molecule is CCCCCCC1CC(c2ccc(OC)cc2)C(=O)O1. The number of benzene rings is 1. The zero-order chi connectivity index (χ0) is 14.4. The minimum atomic E-state index is -0.0999. The van der Waals surface area contributed by atoms with E-state index >= 15 is 0 Å². The van der Waals surface area contributed by atoms with E-state index in [-0.39, 0.29) is 18.0 Å². The van der Waals surface area contributed by atoms with E-state index in [4.69, 9.17) is 9.47 Å². The number of hydrogen-bond donors (Lipinski definition) is 0. The standard InChI is InChI=1S/C17H24O3/c1-3-4-5-6-7-15-12-16(17(18)20-15)13-8-10-14(19-2)11-9-13/h8-11,15-16H,3-7,12H2,1-2H3. The van der Waals surface area contributed by atoms with Gasteiger partial charge >= 0.3 is 5.97 Å². The van der Waals surface area contributed by atoms with E-state index in [1.165, 1.54) is 19.3 Å². The van der Waals surface area contributed by atoms with Gasteiger partial charge in [-0.25, -0.2) is 0 Å². The van der Waals surface area contributed by atoms with Gasteiger partial charge < -0.3 is 9.47 Å². The largest absolute Gasteiger partial charge is 0.497 e. The van der Waals surface area contributed by atoms with Crippen molar-refractivity contribution in [2.24, 2.45) is 0 Å². The molecule has 3 heteroatoms. The lowest BCUT2D eigenvalue weighted by atomic mass is 9.94. The van der Waals surface area contributed by atoms with Crippen LogP contribution >= 0.6 is 0 Å². The number of carbonyl (C=O) groups is 1. The highest BCUT2D eigenvalue weighted by molar-refractivity contribution is 5.80. The molecular weight excluding hydrogens is 252 g/mol. The van der Waals surface area contributed by atoms with Crippen LogP contribution in [0.25, 0.3) is 0 Å². The summed E-state index contributed by atoms with van der Waals surface area (Å²) >= 11 is 0. The number of esters is 1. The summed E-state index contributed by atoms with van der Waals surface area (Å²) in [6.07, 6.45) is 6.81. The van der Waals surface area contributed by atoms with Crippen LogP contribution in [0, 0.1) is 0 Å². The minimum Gasteiger partial charge on any atom is -0.497 e. The van der Waals surface area contributed by atoms with Crippen molar-refractivity contribution < 1.29 is 14.3 Å². The molecule has 110 valence electrons.